The summed E-state index contributed by atoms with van der Waals surface area (Å²) in [7, 11) is 0. The van der Waals surface area contributed by atoms with Crippen molar-refractivity contribution in [1.29, 1.82) is 5.26 Å². The zero-order chi connectivity index (χ0) is 12.3. The van der Waals surface area contributed by atoms with Crippen molar-refractivity contribution >= 4 is 0 Å². The number of rotatable bonds is 5. The van der Waals surface area contributed by atoms with Crippen molar-refractivity contribution in [3.63, 3.8) is 0 Å². The van der Waals surface area contributed by atoms with E-state index in [1.807, 2.05) is 6.07 Å². The van der Waals surface area contributed by atoms with Crippen LogP contribution in [-0.2, 0) is 6.54 Å². The van der Waals surface area contributed by atoms with Gasteiger partial charge in [-0.05, 0) is 43.0 Å². The lowest BCUT2D eigenvalue weighted by molar-refractivity contribution is 0.268. The molecule has 90 valence electrons. The Kier molecular flexibility index (Phi) is 3.75. The fourth-order valence-corrected chi connectivity index (χ4v) is 1.99. The highest BCUT2D eigenvalue weighted by Gasteiger charge is 2.23. The molecule has 1 aliphatic rings. The summed E-state index contributed by atoms with van der Waals surface area (Å²) in [6.07, 6.45) is 2.67. The Labute approximate surface area is 102 Å². The summed E-state index contributed by atoms with van der Waals surface area (Å²) in [6, 6.07) is 6.70. The summed E-state index contributed by atoms with van der Waals surface area (Å²) in [4.78, 5) is 2.35. The predicted octanol–water partition coefficient (Wildman–Crippen LogP) is 2.93. The molecule has 1 saturated carbocycles. The van der Waals surface area contributed by atoms with Crippen molar-refractivity contribution in [3.05, 3.63) is 35.1 Å². The molecule has 0 unspecified atom stereocenters. The van der Waals surface area contributed by atoms with E-state index in [4.69, 9.17) is 5.26 Å². The molecule has 3 heteroatoms. The van der Waals surface area contributed by atoms with Gasteiger partial charge in [-0.15, -0.1) is 0 Å². The zero-order valence-corrected chi connectivity index (χ0v) is 10.1. The van der Waals surface area contributed by atoms with Crippen LogP contribution in [0.2, 0.25) is 0 Å². The van der Waals surface area contributed by atoms with Gasteiger partial charge in [-0.25, -0.2) is 4.39 Å². The molecule has 0 spiro atoms. The first-order valence-electron chi connectivity index (χ1n) is 6.13. The van der Waals surface area contributed by atoms with E-state index in [0.29, 0.717) is 0 Å². The summed E-state index contributed by atoms with van der Waals surface area (Å²) in [6.45, 7) is 5.06. The first-order chi connectivity index (χ1) is 8.22. The summed E-state index contributed by atoms with van der Waals surface area (Å²) >= 11 is 0. The average molecular weight is 232 g/mol. The van der Waals surface area contributed by atoms with Crippen LogP contribution in [-0.4, -0.2) is 18.0 Å². The summed E-state index contributed by atoms with van der Waals surface area (Å²) < 4.78 is 13.2. The SMILES string of the molecule is CCN(Cc1ccc(F)c(C#N)c1)CC1CC1. The largest absolute Gasteiger partial charge is 0.299 e. The third-order valence-electron chi connectivity index (χ3n) is 3.22. The third kappa shape index (κ3) is 3.28. The van der Waals surface area contributed by atoms with Crippen molar-refractivity contribution in [2.75, 3.05) is 13.1 Å². The topological polar surface area (TPSA) is 27.0 Å². The molecule has 0 amide bonds. The van der Waals surface area contributed by atoms with Crippen LogP contribution in [0.5, 0.6) is 0 Å². The van der Waals surface area contributed by atoms with Crippen molar-refractivity contribution < 1.29 is 4.39 Å². The molecule has 0 bridgehead atoms. The van der Waals surface area contributed by atoms with Crippen LogP contribution in [0, 0.1) is 23.1 Å². The highest BCUT2D eigenvalue weighted by atomic mass is 19.1. The molecule has 0 aromatic heterocycles. The van der Waals surface area contributed by atoms with Crippen LogP contribution < -0.4 is 0 Å². The number of halogens is 1. The quantitative estimate of drug-likeness (QED) is 0.780. The van der Waals surface area contributed by atoms with E-state index in [1.54, 1.807) is 12.1 Å². The first-order valence-corrected chi connectivity index (χ1v) is 6.13. The molecule has 0 heterocycles. The predicted molar refractivity (Wildman–Crippen MR) is 64.8 cm³/mol. The van der Waals surface area contributed by atoms with Gasteiger partial charge in [0.2, 0.25) is 0 Å². The lowest BCUT2D eigenvalue weighted by atomic mass is 10.1. The van der Waals surface area contributed by atoms with Crippen LogP contribution in [0.1, 0.15) is 30.9 Å². The summed E-state index contributed by atoms with van der Waals surface area (Å²) in [5.41, 5.74) is 1.16. The Balaban J connectivity index is 2.03. The summed E-state index contributed by atoms with van der Waals surface area (Å²) in [5, 5.41) is 8.79. The van der Waals surface area contributed by atoms with E-state index in [1.165, 1.54) is 18.9 Å². The standard InChI is InChI=1S/C14H17FN2/c1-2-17(9-11-3-4-11)10-12-5-6-14(15)13(7-12)8-16/h5-7,11H,2-4,9-10H2,1H3. The molecule has 0 radical (unpaired) electrons. The van der Waals surface area contributed by atoms with E-state index >= 15 is 0 Å². The van der Waals surface area contributed by atoms with Crippen LogP contribution >= 0.6 is 0 Å². The molecule has 1 aliphatic carbocycles. The van der Waals surface area contributed by atoms with E-state index in [-0.39, 0.29) is 5.56 Å². The van der Waals surface area contributed by atoms with Gasteiger partial charge in [-0.2, -0.15) is 5.26 Å². The average Bonchev–Trinajstić information content (AvgIpc) is 3.14. The number of nitrogens with zero attached hydrogens (tertiary/aromatic N) is 2. The van der Waals surface area contributed by atoms with Gasteiger partial charge in [0.15, 0.2) is 0 Å². The fraction of sp³-hybridized carbons (Fsp3) is 0.500. The van der Waals surface area contributed by atoms with Crippen LogP contribution in [0.25, 0.3) is 0 Å². The highest BCUT2D eigenvalue weighted by Crippen LogP contribution is 2.30. The van der Waals surface area contributed by atoms with E-state index in [2.05, 4.69) is 11.8 Å². The molecule has 0 aliphatic heterocycles. The Hall–Kier alpha value is -1.40. The number of hydrogen-bond donors (Lipinski definition) is 0. The molecule has 1 fully saturated rings. The number of hydrogen-bond acceptors (Lipinski definition) is 2. The maximum absolute atomic E-state index is 13.2. The molecule has 1 aromatic rings. The molecule has 1 aromatic carbocycles. The van der Waals surface area contributed by atoms with Crippen LogP contribution in [0.3, 0.4) is 0 Å². The molecular formula is C14H17FN2. The van der Waals surface area contributed by atoms with Crippen molar-refractivity contribution in [2.24, 2.45) is 5.92 Å². The fourth-order valence-electron chi connectivity index (χ4n) is 1.99. The van der Waals surface area contributed by atoms with Crippen molar-refractivity contribution in [1.82, 2.24) is 4.90 Å². The first kappa shape index (κ1) is 12.1. The van der Waals surface area contributed by atoms with Gasteiger partial charge in [0.05, 0.1) is 5.56 Å². The lowest BCUT2D eigenvalue weighted by Gasteiger charge is -2.20. The molecule has 2 nitrogen and oxygen atoms in total. The van der Waals surface area contributed by atoms with Gasteiger partial charge in [0.25, 0.3) is 0 Å². The molecule has 0 saturated heterocycles. The van der Waals surface area contributed by atoms with Crippen molar-refractivity contribution in [2.45, 2.75) is 26.3 Å². The second-order valence-corrected chi connectivity index (χ2v) is 4.70. The van der Waals surface area contributed by atoms with Crippen LogP contribution in [0.4, 0.5) is 4.39 Å². The minimum absolute atomic E-state index is 0.143. The number of nitriles is 1. The third-order valence-corrected chi connectivity index (χ3v) is 3.22. The minimum atomic E-state index is -0.429. The molecule has 2 rings (SSSR count). The Morgan fingerprint density at radius 3 is 2.82 bits per heavy atom. The molecule has 0 atom stereocenters. The molecular weight excluding hydrogens is 215 g/mol. The Morgan fingerprint density at radius 2 is 2.24 bits per heavy atom. The van der Waals surface area contributed by atoms with Gasteiger partial charge in [-0.1, -0.05) is 13.0 Å². The van der Waals surface area contributed by atoms with Gasteiger partial charge in [0.1, 0.15) is 11.9 Å². The van der Waals surface area contributed by atoms with Gasteiger partial charge in [-0.3, -0.25) is 4.90 Å². The smallest absolute Gasteiger partial charge is 0.140 e. The summed E-state index contributed by atoms with van der Waals surface area (Å²) in [5.74, 6) is 0.423. The van der Waals surface area contributed by atoms with Gasteiger partial charge >= 0.3 is 0 Å². The maximum atomic E-state index is 13.2. The van der Waals surface area contributed by atoms with Gasteiger partial charge < -0.3 is 0 Å². The second-order valence-electron chi connectivity index (χ2n) is 4.70. The Morgan fingerprint density at radius 1 is 1.47 bits per heavy atom. The molecule has 17 heavy (non-hydrogen) atoms. The monoisotopic (exact) mass is 232 g/mol. The van der Waals surface area contributed by atoms with Gasteiger partial charge in [0, 0.05) is 13.1 Å². The lowest BCUT2D eigenvalue weighted by Crippen LogP contribution is -2.25. The number of benzene rings is 1. The second kappa shape index (κ2) is 5.29. The normalized spacial score (nSPS) is 14.9. The molecule has 0 N–H and O–H groups in total. The highest BCUT2D eigenvalue weighted by molar-refractivity contribution is 5.34. The van der Waals surface area contributed by atoms with Crippen LogP contribution in [0.15, 0.2) is 18.2 Å². The van der Waals surface area contributed by atoms with Crippen molar-refractivity contribution in [3.8, 4) is 6.07 Å². The minimum Gasteiger partial charge on any atom is -0.299 e. The van der Waals surface area contributed by atoms with E-state index in [0.717, 1.165) is 31.1 Å². The maximum Gasteiger partial charge on any atom is 0.140 e. The zero-order valence-electron chi connectivity index (χ0n) is 10.1. The van der Waals surface area contributed by atoms with E-state index in [9.17, 15) is 4.39 Å². The Bertz CT molecular complexity index is 432. The van der Waals surface area contributed by atoms with E-state index < -0.39 is 5.82 Å².